The van der Waals surface area contributed by atoms with Crippen molar-refractivity contribution in [3.8, 4) is 0 Å². The van der Waals surface area contributed by atoms with E-state index in [0.29, 0.717) is 29.8 Å². The van der Waals surface area contributed by atoms with Crippen molar-refractivity contribution in [1.29, 1.82) is 0 Å². The molecule has 1 saturated heterocycles. The second kappa shape index (κ2) is 8.74. The van der Waals surface area contributed by atoms with Crippen LogP contribution in [0.4, 0.5) is 4.39 Å². The molecule has 3 fully saturated rings. The van der Waals surface area contributed by atoms with Crippen molar-refractivity contribution in [2.24, 2.45) is 17.8 Å². The number of piperidine rings is 1. The Kier molecular flexibility index (Phi) is 5.99. The van der Waals surface area contributed by atoms with Gasteiger partial charge in [0.05, 0.1) is 10.7 Å². The lowest BCUT2D eigenvalue weighted by atomic mass is 9.78. The van der Waals surface area contributed by atoms with Crippen molar-refractivity contribution in [3.05, 3.63) is 33.6 Å². The van der Waals surface area contributed by atoms with Crippen LogP contribution in [0.1, 0.15) is 66.3 Å². The lowest BCUT2D eigenvalue weighted by Crippen LogP contribution is -2.29. The number of carbonyl (C=O) groups excluding carboxylic acids is 1. The minimum absolute atomic E-state index is 0.131. The number of aromatic nitrogens is 2. The third-order valence-corrected chi connectivity index (χ3v) is 8.71. The standard InChI is InChI=1S/C24H32FN3O2S/c1-16-26-13-22(31-16)9-20(29)8-18-4-2-17(3-5-18)6-7-28-14-19-11-24(19,15-28)23-10-21(12-25)30-27-23/h10,13,17-19H,2-9,11-12,14-15H2,1H3. The van der Waals surface area contributed by atoms with E-state index in [1.165, 1.54) is 38.5 Å². The normalized spacial score (nSPS) is 30.5. The Balaban J connectivity index is 1.02. The van der Waals surface area contributed by atoms with Crippen LogP contribution in [0, 0.1) is 24.7 Å². The molecular formula is C24H32FN3O2S. The van der Waals surface area contributed by atoms with E-state index in [1.807, 2.05) is 19.2 Å². The van der Waals surface area contributed by atoms with E-state index >= 15 is 0 Å². The van der Waals surface area contributed by atoms with Gasteiger partial charge < -0.3 is 9.42 Å². The number of likely N-dealkylation sites (tertiary alicyclic amines) is 1. The maximum atomic E-state index is 12.8. The van der Waals surface area contributed by atoms with Crippen LogP contribution in [-0.4, -0.2) is 40.5 Å². The topological polar surface area (TPSA) is 59.2 Å². The molecule has 2 aliphatic carbocycles. The number of alkyl halides is 1. The molecule has 0 amide bonds. The Morgan fingerprint density at radius 1 is 1.32 bits per heavy atom. The highest BCUT2D eigenvalue weighted by molar-refractivity contribution is 7.11. The molecule has 0 N–H and O–H groups in total. The summed E-state index contributed by atoms with van der Waals surface area (Å²) >= 11 is 1.64. The highest BCUT2D eigenvalue weighted by Crippen LogP contribution is 2.58. The maximum absolute atomic E-state index is 12.8. The van der Waals surface area contributed by atoms with Gasteiger partial charge in [0.1, 0.15) is 12.5 Å². The number of thiazole rings is 1. The monoisotopic (exact) mass is 445 g/mol. The molecule has 31 heavy (non-hydrogen) atoms. The molecule has 5 rings (SSSR count). The predicted molar refractivity (Wildman–Crippen MR) is 118 cm³/mol. The first kappa shape index (κ1) is 21.3. The van der Waals surface area contributed by atoms with Gasteiger partial charge in [-0.15, -0.1) is 11.3 Å². The molecule has 2 unspecified atom stereocenters. The first-order chi connectivity index (χ1) is 15.0. The van der Waals surface area contributed by atoms with Gasteiger partial charge in [0, 0.05) is 48.5 Å². The smallest absolute Gasteiger partial charge is 0.167 e. The molecule has 3 heterocycles. The molecule has 5 nitrogen and oxygen atoms in total. The van der Waals surface area contributed by atoms with E-state index in [4.69, 9.17) is 4.52 Å². The van der Waals surface area contributed by atoms with Crippen LogP contribution in [-0.2, 0) is 23.3 Å². The van der Waals surface area contributed by atoms with Crippen LogP contribution < -0.4 is 0 Å². The first-order valence-electron chi connectivity index (χ1n) is 11.7. The number of fused-ring (bicyclic) bond motifs is 1. The quantitative estimate of drug-likeness (QED) is 0.551. The number of Topliss-reactive ketones (excluding diaryl/α,β-unsaturated/α-hetero) is 1. The summed E-state index contributed by atoms with van der Waals surface area (Å²) in [5.74, 6) is 2.74. The van der Waals surface area contributed by atoms with Gasteiger partial charge in [0.15, 0.2) is 5.76 Å². The zero-order chi connectivity index (χ0) is 21.4. The largest absolute Gasteiger partial charge is 0.358 e. The lowest BCUT2D eigenvalue weighted by molar-refractivity contribution is -0.119. The van der Waals surface area contributed by atoms with E-state index in [2.05, 4.69) is 15.0 Å². The highest BCUT2D eigenvalue weighted by atomic mass is 32.1. The summed E-state index contributed by atoms with van der Waals surface area (Å²) in [6.45, 7) is 4.74. The van der Waals surface area contributed by atoms with E-state index in [0.717, 1.165) is 47.6 Å². The summed E-state index contributed by atoms with van der Waals surface area (Å²) in [7, 11) is 0. The van der Waals surface area contributed by atoms with Crippen LogP contribution in [0.15, 0.2) is 16.8 Å². The molecule has 0 spiro atoms. The average Bonchev–Trinajstić information content (AvgIpc) is 3.17. The fourth-order valence-corrected chi connectivity index (χ4v) is 6.75. The molecular weight excluding hydrogens is 413 g/mol. The lowest BCUT2D eigenvalue weighted by Gasteiger charge is -2.30. The van der Waals surface area contributed by atoms with E-state index in [-0.39, 0.29) is 5.41 Å². The molecule has 168 valence electrons. The highest BCUT2D eigenvalue weighted by Gasteiger charge is 2.62. The van der Waals surface area contributed by atoms with E-state index in [1.54, 1.807) is 11.3 Å². The fourth-order valence-electron chi connectivity index (χ4n) is 5.93. The van der Waals surface area contributed by atoms with Crippen LogP contribution in [0.2, 0.25) is 0 Å². The number of nitrogens with zero attached hydrogens (tertiary/aromatic N) is 3. The number of hydrogen-bond donors (Lipinski definition) is 0. The van der Waals surface area contributed by atoms with Crippen LogP contribution in [0.5, 0.6) is 0 Å². The van der Waals surface area contributed by atoms with Crippen molar-refractivity contribution in [3.63, 3.8) is 0 Å². The van der Waals surface area contributed by atoms with Gasteiger partial charge in [-0.2, -0.15) is 0 Å². The zero-order valence-corrected chi connectivity index (χ0v) is 19.1. The van der Waals surface area contributed by atoms with Crippen LogP contribution in [0.25, 0.3) is 0 Å². The number of rotatable bonds is 9. The second-order valence-electron chi connectivity index (χ2n) is 10.0. The molecule has 0 bridgehead atoms. The van der Waals surface area contributed by atoms with Gasteiger partial charge in [-0.25, -0.2) is 9.37 Å². The molecule has 2 aromatic heterocycles. The van der Waals surface area contributed by atoms with Crippen molar-refractivity contribution in [2.45, 2.75) is 70.4 Å². The number of carbonyl (C=O) groups is 1. The van der Waals surface area contributed by atoms with Crippen molar-refractivity contribution >= 4 is 17.1 Å². The Morgan fingerprint density at radius 3 is 2.84 bits per heavy atom. The SMILES string of the molecule is Cc1ncc(CC(=O)CC2CCC(CCN3CC4CC4(c4cc(CF)on4)C3)CC2)s1. The molecule has 2 atom stereocenters. The van der Waals surface area contributed by atoms with Crippen molar-refractivity contribution in [2.75, 3.05) is 19.6 Å². The number of aryl methyl sites for hydroxylation is 1. The summed E-state index contributed by atoms with van der Waals surface area (Å²) in [6.07, 6.45) is 10.4. The minimum atomic E-state index is -0.573. The maximum Gasteiger partial charge on any atom is 0.167 e. The predicted octanol–water partition coefficient (Wildman–Crippen LogP) is 4.88. The van der Waals surface area contributed by atoms with Crippen molar-refractivity contribution < 1.29 is 13.7 Å². The summed E-state index contributed by atoms with van der Waals surface area (Å²) < 4.78 is 17.9. The van der Waals surface area contributed by atoms with E-state index in [9.17, 15) is 9.18 Å². The average molecular weight is 446 g/mol. The van der Waals surface area contributed by atoms with Gasteiger partial charge in [-0.3, -0.25) is 4.79 Å². The number of halogens is 1. The fraction of sp³-hybridized carbons (Fsp3) is 0.708. The third-order valence-electron chi connectivity index (χ3n) is 7.79. The summed E-state index contributed by atoms with van der Waals surface area (Å²) in [6, 6.07) is 1.82. The Labute approximate surface area is 187 Å². The molecule has 2 aromatic rings. The molecule has 2 saturated carbocycles. The van der Waals surface area contributed by atoms with Crippen LogP contribution in [0.3, 0.4) is 0 Å². The van der Waals surface area contributed by atoms with Gasteiger partial charge in [-0.05, 0) is 56.9 Å². The van der Waals surface area contributed by atoms with Gasteiger partial charge in [0.25, 0.3) is 0 Å². The molecule has 3 aliphatic rings. The summed E-state index contributed by atoms with van der Waals surface area (Å²) in [4.78, 5) is 20.3. The third kappa shape index (κ3) is 4.63. The summed E-state index contributed by atoms with van der Waals surface area (Å²) in [5, 5.41) is 5.19. The first-order valence-corrected chi connectivity index (χ1v) is 12.5. The number of hydrogen-bond acceptors (Lipinski definition) is 6. The molecule has 7 heteroatoms. The number of ketones is 1. The molecule has 0 radical (unpaired) electrons. The van der Waals surface area contributed by atoms with Crippen LogP contribution >= 0.6 is 11.3 Å². The Hall–Kier alpha value is -1.60. The van der Waals surface area contributed by atoms with E-state index < -0.39 is 6.67 Å². The molecule has 0 aromatic carbocycles. The summed E-state index contributed by atoms with van der Waals surface area (Å²) in [5.41, 5.74) is 1.09. The Bertz CT molecular complexity index is 920. The second-order valence-corrected chi connectivity index (χ2v) is 11.4. The van der Waals surface area contributed by atoms with Gasteiger partial charge in [-0.1, -0.05) is 18.0 Å². The Morgan fingerprint density at radius 2 is 2.13 bits per heavy atom. The minimum Gasteiger partial charge on any atom is -0.358 e. The van der Waals surface area contributed by atoms with Crippen molar-refractivity contribution in [1.82, 2.24) is 15.0 Å². The van der Waals surface area contributed by atoms with Gasteiger partial charge >= 0.3 is 0 Å². The van der Waals surface area contributed by atoms with Gasteiger partial charge in [0.2, 0.25) is 0 Å². The zero-order valence-electron chi connectivity index (χ0n) is 18.3. The molecule has 1 aliphatic heterocycles.